The predicted octanol–water partition coefficient (Wildman–Crippen LogP) is 14.9. The summed E-state index contributed by atoms with van der Waals surface area (Å²) in [5, 5.41) is 2.24. The molecule has 2 aliphatic rings. The van der Waals surface area contributed by atoms with Crippen molar-refractivity contribution < 1.29 is 25.8 Å². The summed E-state index contributed by atoms with van der Waals surface area (Å²) in [5.74, 6) is 2.06. The van der Waals surface area contributed by atoms with E-state index in [1.807, 2.05) is 24.4 Å². The Labute approximate surface area is 384 Å². The first kappa shape index (κ1) is 40.6. The average Bonchev–Trinajstić information content (AvgIpc) is 3.88. The first-order chi connectivity index (χ1) is 29.9. The van der Waals surface area contributed by atoms with Gasteiger partial charge in [-0.3, -0.25) is 0 Å². The molecule has 1 aliphatic carbocycles. The molecular weight excluding hydrogens is 952 g/mol. The van der Waals surface area contributed by atoms with Crippen LogP contribution < -0.4 is 14.5 Å². The molecule has 0 atom stereocenters. The molecule has 63 heavy (non-hydrogen) atoms. The number of para-hydroxylation sites is 3. The SMILES string of the molecule is Cc1cc(C)cc(-c2ccc3c(c2N2[CH-]N(c4[c-]c(Oc5[c-]c6c(cc5)c5ccccc5n6-c5cc(C(C)(C)C)ccn5)ccc4)c4ccccc42)-c2ccccc2C3(C)C)c1.[Pt]. The molecule has 0 saturated heterocycles. The Kier molecular flexibility index (Phi) is 9.76. The van der Waals surface area contributed by atoms with Gasteiger partial charge in [-0.25, -0.2) is 4.98 Å². The predicted molar refractivity (Wildman–Crippen MR) is 255 cm³/mol. The maximum absolute atomic E-state index is 6.67. The first-order valence-corrected chi connectivity index (χ1v) is 21.5. The fourth-order valence-corrected chi connectivity index (χ4v) is 9.80. The molecule has 5 nitrogen and oxygen atoms in total. The molecule has 0 saturated carbocycles. The Hall–Kier alpha value is -6.42. The van der Waals surface area contributed by atoms with Crippen LogP contribution in [0.1, 0.15) is 62.4 Å². The van der Waals surface area contributed by atoms with Crippen LogP contribution in [-0.2, 0) is 31.9 Å². The summed E-state index contributed by atoms with van der Waals surface area (Å²) >= 11 is 0. The maximum Gasteiger partial charge on any atom is 0.135 e. The van der Waals surface area contributed by atoms with Gasteiger partial charge in [0.2, 0.25) is 0 Å². The van der Waals surface area contributed by atoms with Gasteiger partial charge < -0.3 is 19.1 Å². The Balaban J connectivity index is 0.00000471. The van der Waals surface area contributed by atoms with Crippen LogP contribution in [-0.4, -0.2) is 9.55 Å². The van der Waals surface area contributed by atoms with Gasteiger partial charge in [-0.2, -0.15) is 12.1 Å². The largest absolute Gasteiger partial charge is 0.509 e. The quantitative estimate of drug-likeness (QED) is 0.155. The van der Waals surface area contributed by atoms with E-state index in [1.54, 1.807) is 0 Å². The summed E-state index contributed by atoms with van der Waals surface area (Å²) in [5.41, 5.74) is 17.4. The van der Waals surface area contributed by atoms with Crippen LogP contribution in [0, 0.1) is 32.6 Å². The number of nitrogens with zero attached hydrogens (tertiary/aromatic N) is 4. The Morgan fingerprint density at radius 2 is 1.35 bits per heavy atom. The van der Waals surface area contributed by atoms with E-state index < -0.39 is 0 Å². The zero-order chi connectivity index (χ0) is 42.5. The molecule has 3 heterocycles. The average molecular weight is 999 g/mol. The van der Waals surface area contributed by atoms with Crippen LogP contribution in [0.25, 0.3) is 49.9 Å². The monoisotopic (exact) mass is 998 g/mol. The van der Waals surface area contributed by atoms with E-state index in [0.717, 1.165) is 44.7 Å². The number of fused-ring (bicyclic) bond motifs is 7. The van der Waals surface area contributed by atoms with Gasteiger partial charge in [-0.05, 0) is 82.8 Å². The van der Waals surface area contributed by atoms with Crippen molar-refractivity contribution >= 4 is 44.6 Å². The smallest absolute Gasteiger partial charge is 0.135 e. The molecule has 1 aliphatic heterocycles. The fourth-order valence-electron chi connectivity index (χ4n) is 9.80. The van der Waals surface area contributed by atoms with E-state index in [0.29, 0.717) is 11.5 Å². The minimum atomic E-state index is -0.151. The van der Waals surface area contributed by atoms with Crippen LogP contribution in [0.5, 0.6) is 11.5 Å². The minimum absolute atomic E-state index is 0. The summed E-state index contributed by atoms with van der Waals surface area (Å²) < 4.78 is 8.87. The zero-order valence-electron chi connectivity index (χ0n) is 36.5. The summed E-state index contributed by atoms with van der Waals surface area (Å²) in [6, 6.07) is 59.4. The summed E-state index contributed by atoms with van der Waals surface area (Å²) in [6.07, 6.45) is 1.90. The van der Waals surface area contributed by atoms with Gasteiger partial charge in [0.05, 0.1) is 0 Å². The second-order valence-corrected chi connectivity index (χ2v) is 18.4. The van der Waals surface area contributed by atoms with Gasteiger partial charge in [0.1, 0.15) is 5.82 Å². The number of benzene rings is 7. The van der Waals surface area contributed by atoms with Gasteiger partial charge in [-0.15, -0.1) is 48.1 Å². The van der Waals surface area contributed by atoms with Crippen molar-refractivity contribution in [3.05, 3.63) is 198 Å². The molecule has 6 heteroatoms. The van der Waals surface area contributed by atoms with Crippen molar-refractivity contribution in [1.29, 1.82) is 0 Å². The molecule has 0 bridgehead atoms. The van der Waals surface area contributed by atoms with Crippen molar-refractivity contribution in [3.63, 3.8) is 0 Å². The summed E-state index contributed by atoms with van der Waals surface area (Å²) in [4.78, 5) is 9.49. The molecule has 2 aromatic heterocycles. The van der Waals surface area contributed by atoms with E-state index in [1.165, 1.54) is 55.8 Å². The summed E-state index contributed by atoms with van der Waals surface area (Å²) in [7, 11) is 0. The van der Waals surface area contributed by atoms with E-state index in [9.17, 15) is 0 Å². The van der Waals surface area contributed by atoms with Crippen LogP contribution >= 0.6 is 0 Å². The third-order valence-corrected chi connectivity index (χ3v) is 12.8. The number of hydrogen-bond acceptors (Lipinski definition) is 4. The maximum atomic E-state index is 6.67. The Morgan fingerprint density at radius 1 is 0.635 bits per heavy atom. The van der Waals surface area contributed by atoms with Gasteiger partial charge in [0, 0.05) is 77.9 Å². The second-order valence-electron chi connectivity index (χ2n) is 18.4. The van der Waals surface area contributed by atoms with Gasteiger partial charge in [-0.1, -0.05) is 136 Å². The topological polar surface area (TPSA) is 33.5 Å². The third kappa shape index (κ3) is 6.68. The van der Waals surface area contributed by atoms with Crippen LogP contribution in [0.2, 0.25) is 0 Å². The molecule has 0 spiro atoms. The molecule has 314 valence electrons. The Bertz CT molecular complexity index is 3240. The Morgan fingerprint density at radius 3 is 2.14 bits per heavy atom. The normalized spacial score (nSPS) is 13.8. The number of aryl methyl sites for hydroxylation is 2. The van der Waals surface area contributed by atoms with Gasteiger partial charge in [0.25, 0.3) is 0 Å². The molecule has 0 radical (unpaired) electrons. The van der Waals surface area contributed by atoms with Crippen molar-refractivity contribution in [2.75, 3.05) is 9.80 Å². The van der Waals surface area contributed by atoms with E-state index >= 15 is 0 Å². The second kappa shape index (κ2) is 15.1. The molecule has 7 aromatic carbocycles. The van der Waals surface area contributed by atoms with Gasteiger partial charge in [0.15, 0.2) is 0 Å². The zero-order valence-corrected chi connectivity index (χ0v) is 38.8. The molecule has 0 N–H and O–H groups in total. The van der Waals surface area contributed by atoms with E-state index in [4.69, 9.17) is 9.72 Å². The molecular formula is C57H47N4OPt-3. The van der Waals surface area contributed by atoms with Crippen molar-refractivity contribution in [3.8, 4) is 39.6 Å². The molecule has 0 amide bonds. The first-order valence-electron chi connectivity index (χ1n) is 21.5. The number of rotatable bonds is 6. The fraction of sp³-hybridized carbons (Fsp3) is 0.158. The van der Waals surface area contributed by atoms with Crippen molar-refractivity contribution in [2.24, 2.45) is 0 Å². The molecule has 0 fully saturated rings. The number of anilines is 4. The van der Waals surface area contributed by atoms with Crippen molar-refractivity contribution in [1.82, 2.24) is 9.55 Å². The third-order valence-electron chi connectivity index (χ3n) is 12.8. The molecule has 11 rings (SSSR count). The molecule has 9 aromatic rings. The van der Waals surface area contributed by atoms with Crippen LogP contribution in [0.4, 0.5) is 22.7 Å². The number of hydrogen-bond donors (Lipinski definition) is 0. The van der Waals surface area contributed by atoms with E-state index in [-0.39, 0.29) is 31.9 Å². The van der Waals surface area contributed by atoms with E-state index in [2.05, 4.69) is 209 Å². The number of pyridine rings is 1. The number of aromatic nitrogens is 2. The van der Waals surface area contributed by atoms with Gasteiger partial charge >= 0.3 is 0 Å². The van der Waals surface area contributed by atoms with Crippen molar-refractivity contribution in [2.45, 2.75) is 59.3 Å². The van der Waals surface area contributed by atoms with Crippen LogP contribution in [0.3, 0.4) is 0 Å². The summed E-state index contributed by atoms with van der Waals surface area (Å²) in [6.45, 7) is 18.0. The standard InChI is InChI=1S/C57H47N4O.Pt/c1-36-29-37(2)31-38(30-36)43-25-26-48-54(46-18-8-10-19-47(46)57(48,6)7)55(43)60-35-59(50-21-12-13-22-51(50)60)40-15-14-16-41(33-40)62-42-23-24-45-44-17-9-11-20-49(44)61(52(45)34-42)53-32-39(27-28-58-53)56(3,4)5;/h8-32,35H,1-7H3;/q-3;. The molecule has 0 unspecified atom stereocenters. The van der Waals surface area contributed by atoms with Crippen LogP contribution in [0.15, 0.2) is 152 Å². The minimum Gasteiger partial charge on any atom is -0.509 e. The number of ether oxygens (including phenoxy) is 1.